The fourth-order valence-electron chi connectivity index (χ4n) is 1.45. The summed E-state index contributed by atoms with van der Waals surface area (Å²) in [4.78, 5) is 0.233. The lowest BCUT2D eigenvalue weighted by Crippen LogP contribution is -2.24. The first-order chi connectivity index (χ1) is 7.97. The number of nitrogens with one attached hydrogen (secondary N) is 1. The molecule has 1 aromatic rings. The zero-order chi connectivity index (χ0) is 12.9. The van der Waals surface area contributed by atoms with E-state index in [1.165, 1.54) is 6.07 Å². The number of nitrogen functional groups attached to an aromatic ring is 1. The van der Waals surface area contributed by atoms with Gasteiger partial charge in [-0.1, -0.05) is 25.8 Å². The Labute approximate surface area is 103 Å². The van der Waals surface area contributed by atoms with E-state index in [1.54, 1.807) is 12.1 Å². The Kier molecular flexibility index (Phi) is 4.96. The lowest BCUT2D eigenvalue weighted by molar-refractivity contribution is 0.576. The van der Waals surface area contributed by atoms with Gasteiger partial charge in [-0.2, -0.15) is 0 Å². The first-order valence-corrected chi connectivity index (χ1v) is 7.31. The molecule has 0 aliphatic heterocycles. The van der Waals surface area contributed by atoms with Gasteiger partial charge in [-0.15, -0.1) is 0 Å². The van der Waals surface area contributed by atoms with Gasteiger partial charge in [-0.25, -0.2) is 13.1 Å². The Bertz CT molecular complexity index is 469. The monoisotopic (exact) mass is 256 g/mol. The zero-order valence-corrected chi connectivity index (χ0v) is 11.2. The molecule has 0 spiro atoms. The first-order valence-electron chi connectivity index (χ1n) is 5.83. The fraction of sp³-hybridized carbons (Fsp3) is 0.500. The van der Waals surface area contributed by atoms with Gasteiger partial charge in [0.2, 0.25) is 10.0 Å². The van der Waals surface area contributed by atoms with Gasteiger partial charge < -0.3 is 5.73 Å². The molecule has 0 saturated carbocycles. The number of nitrogens with two attached hydrogens (primary N) is 1. The van der Waals surface area contributed by atoms with Crippen molar-refractivity contribution in [3.8, 4) is 0 Å². The molecule has 17 heavy (non-hydrogen) atoms. The molecule has 1 rings (SSSR count). The van der Waals surface area contributed by atoms with Crippen molar-refractivity contribution < 1.29 is 8.42 Å². The van der Waals surface area contributed by atoms with E-state index in [0.29, 0.717) is 12.2 Å². The standard InChI is InChI=1S/C12H20N2O2S/c1-3-4-5-8-14-17(15,16)11-7-6-10(2)12(13)9-11/h6-7,9,14H,3-5,8,13H2,1-2H3. The molecule has 0 aromatic heterocycles. The normalized spacial score (nSPS) is 11.6. The average Bonchev–Trinajstić information content (AvgIpc) is 2.28. The van der Waals surface area contributed by atoms with Crippen LogP contribution < -0.4 is 10.5 Å². The molecule has 0 unspecified atom stereocenters. The SMILES string of the molecule is CCCCCNS(=O)(=O)c1ccc(C)c(N)c1. The molecule has 4 nitrogen and oxygen atoms in total. The minimum absolute atomic E-state index is 0.233. The fourth-order valence-corrected chi connectivity index (χ4v) is 2.56. The Morgan fingerprint density at radius 3 is 2.59 bits per heavy atom. The smallest absolute Gasteiger partial charge is 0.240 e. The molecule has 0 saturated heterocycles. The van der Waals surface area contributed by atoms with E-state index in [-0.39, 0.29) is 4.90 Å². The predicted octanol–water partition coefficient (Wildman–Crippen LogP) is 2.05. The molecular weight excluding hydrogens is 236 g/mol. The minimum Gasteiger partial charge on any atom is -0.398 e. The number of hydrogen-bond acceptors (Lipinski definition) is 3. The van der Waals surface area contributed by atoms with E-state index in [2.05, 4.69) is 11.6 Å². The third-order valence-corrected chi connectivity index (χ3v) is 4.09. The summed E-state index contributed by atoms with van der Waals surface area (Å²) in [6.07, 6.45) is 2.95. The van der Waals surface area contributed by atoms with Gasteiger partial charge in [0, 0.05) is 12.2 Å². The molecule has 0 aliphatic rings. The molecule has 3 N–H and O–H groups in total. The molecule has 0 heterocycles. The van der Waals surface area contributed by atoms with E-state index in [1.807, 2.05) is 6.92 Å². The van der Waals surface area contributed by atoms with Crippen molar-refractivity contribution in [3.63, 3.8) is 0 Å². The molecule has 0 fully saturated rings. The molecule has 0 amide bonds. The average molecular weight is 256 g/mol. The number of hydrogen-bond donors (Lipinski definition) is 2. The van der Waals surface area contributed by atoms with Crippen LogP contribution >= 0.6 is 0 Å². The van der Waals surface area contributed by atoms with Crippen molar-refractivity contribution in [2.24, 2.45) is 0 Å². The van der Waals surface area contributed by atoms with Crippen LogP contribution in [0.25, 0.3) is 0 Å². The molecule has 96 valence electrons. The van der Waals surface area contributed by atoms with E-state index >= 15 is 0 Å². The molecule has 0 aliphatic carbocycles. The maximum Gasteiger partial charge on any atom is 0.240 e. The lowest BCUT2D eigenvalue weighted by Gasteiger charge is -2.08. The van der Waals surface area contributed by atoms with Crippen molar-refractivity contribution in [1.29, 1.82) is 0 Å². The summed E-state index contributed by atoms with van der Waals surface area (Å²) in [5.41, 5.74) is 7.09. The highest BCUT2D eigenvalue weighted by Gasteiger charge is 2.13. The lowest BCUT2D eigenvalue weighted by atomic mass is 10.2. The Morgan fingerprint density at radius 1 is 1.29 bits per heavy atom. The summed E-state index contributed by atoms with van der Waals surface area (Å²) >= 11 is 0. The highest BCUT2D eigenvalue weighted by molar-refractivity contribution is 7.89. The molecule has 0 radical (unpaired) electrons. The molecule has 1 aromatic carbocycles. The summed E-state index contributed by atoms with van der Waals surface area (Å²) in [6.45, 7) is 4.40. The van der Waals surface area contributed by atoms with Crippen LogP contribution in [-0.4, -0.2) is 15.0 Å². The van der Waals surface area contributed by atoms with Gasteiger partial charge in [-0.05, 0) is 31.0 Å². The molecule has 0 atom stereocenters. The van der Waals surface area contributed by atoms with Crippen molar-refractivity contribution in [3.05, 3.63) is 23.8 Å². The summed E-state index contributed by atoms with van der Waals surface area (Å²) < 4.78 is 26.4. The van der Waals surface area contributed by atoms with Crippen LogP contribution in [0.3, 0.4) is 0 Å². The zero-order valence-electron chi connectivity index (χ0n) is 10.4. The number of rotatable bonds is 6. The van der Waals surface area contributed by atoms with Crippen LogP contribution in [0.5, 0.6) is 0 Å². The largest absolute Gasteiger partial charge is 0.398 e. The predicted molar refractivity (Wildman–Crippen MR) is 70.3 cm³/mol. The van der Waals surface area contributed by atoms with Crippen LogP contribution in [0, 0.1) is 6.92 Å². The van der Waals surface area contributed by atoms with Gasteiger partial charge in [0.1, 0.15) is 0 Å². The van der Waals surface area contributed by atoms with Gasteiger partial charge in [-0.3, -0.25) is 0 Å². The van der Waals surface area contributed by atoms with E-state index in [0.717, 1.165) is 24.8 Å². The van der Waals surface area contributed by atoms with E-state index in [9.17, 15) is 8.42 Å². The first kappa shape index (κ1) is 14.0. The van der Waals surface area contributed by atoms with Crippen molar-refractivity contribution in [2.75, 3.05) is 12.3 Å². The second kappa shape index (κ2) is 6.02. The van der Waals surface area contributed by atoms with Crippen LogP contribution in [0.1, 0.15) is 31.7 Å². The quantitative estimate of drug-likeness (QED) is 0.604. The highest BCUT2D eigenvalue weighted by Crippen LogP contribution is 2.16. The summed E-state index contributed by atoms with van der Waals surface area (Å²) in [5, 5.41) is 0. The maximum absolute atomic E-state index is 11.9. The summed E-state index contributed by atoms with van der Waals surface area (Å²) in [7, 11) is -3.41. The number of benzene rings is 1. The van der Waals surface area contributed by atoms with Gasteiger partial charge in [0.05, 0.1) is 4.90 Å². The maximum atomic E-state index is 11.9. The third-order valence-electron chi connectivity index (χ3n) is 2.63. The number of unbranched alkanes of at least 4 members (excludes halogenated alkanes) is 2. The minimum atomic E-state index is -3.41. The van der Waals surface area contributed by atoms with E-state index < -0.39 is 10.0 Å². The van der Waals surface area contributed by atoms with Crippen molar-refractivity contribution >= 4 is 15.7 Å². The number of anilines is 1. The summed E-state index contributed by atoms with van der Waals surface area (Å²) in [6, 6.07) is 4.79. The molecule has 5 heteroatoms. The number of sulfonamides is 1. The second-order valence-electron chi connectivity index (χ2n) is 4.12. The van der Waals surface area contributed by atoms with Crippen LogP contribution in [0.2, 0.25) is 0 Å². The molecular formula is C12H20N2O2S. The topological polar surface area (TPSA) is 72.2 Å². The van der Waals surface area contributed by atoms with Gasteiger partial charge in [0.25, 0.3) is 0 Å². The van der Waals surface area contributed by atoms with Crippen LogP contribution in [-0.2, 0) is 10.0 Å². The van der Waals surface area contributed by atoms with Gasteiger partial charge >= 0.3 is 0 Å². The van der Waals surface area contributed by atoms with Crippen molar-refractivity contribution in [1.82, 2.24) is 4.72 Å². The summed E-state index contributed by atoms with van der Waals surface area (Å²) in [5.74, 6) is 0. The Hall–Kier alpha value is -1.07. The van der Waals surface area contributed by atoms with Crippen molar-refractivity contribution in [2.45, 2.75) is 38.0 Å². The Morgan fingerprint density at radius 2 is 2.00 bits per heavy atom. The third kappa shape index (κ3) is 4.02. The van der Waals surface area contributed by atoms with E-state index in [4.69, 9.17) is 5.73 Å². The number of aryl methyl sites for hydroxylation is 1. The second-order valence-corrected chi connectivity index (χ2v) is 5.89. The van der Waals surface area contributed by atoms with Gasteiger partial charge in [0.15, 0.2) is 0 Å². The Balaban J connectivity index is 2.72. The highest BCUT2D eigenvalue weighted by atomic mass is 32.2. The van der Waals surface area contributed by atoms with Crippen LogP contribution in [0.4, 0.5) is 5.69 Å². The van der Waals surface area contributed by atoms with Crippen LogP contribution in [0.15, 0.2) is 23.1 Å². The molecule has 0 bridgehead atoms.